The normalized spacial score (nSPS) is 11.9. The number of amides is 1. The van der Waals surface area contributed by atoms with Crippen LogP contribution in [0.4, 0.5) is 0 Å². The van der Waals surface area contributed by atoms with Crippen molar-refractivity contribution in [3.05, 3.63) is 87.9 Å². The number of nitrogens with one attached hydrogen (secondary N) is 1. The quantitative estimate of drug-likeness (QED) is 0.151. The van der Waals surface area contributed by atoms with Gasteiger partial charge in [-0.3, -0.25) is 4.79 Å². The number of unbranched alkanes of at least 4 members (excludes halogenated alkanes) is 1. The van der Waals surface area contributed by atoms with Gasteiger partial charge in [0, 0.05) is 28.6 Å². The third-order valence-corrected chi connectivity index (χ3v) is 8.40. The van der Waals surface area contributed by atoms with E-state index in [1.165, 1.54) is 0 Å². The Morgan fingerprint density at radius 3 is 2.30 bits per heavy atom. The molecule has 43 heavy (non-hydrogen) atoms. The van der Waals surface area contributed by atoms with Crippen LogP contribution in [0.25, 0.3) is 22.2 Å². The van der Waals surface area contributed by atoms with Crippen LogP contribution >= 0.6 is 23.2 Å². The van der Waals surface area contributed by atoms with Crippen LogP contribution in [0.15, 0.2) is 66.7 Å². The number of benzene rings is 3. The Bertz CT molecular complexity index is 1580. The van der Waals surface area contributed by atoms with E-state index in [2.05, 4.69) is 52.9 Å². The number of carbonyl (C=O) groups excluding carboxylic acids is 1. The first-order valence-corrected chi connectivity index (χ1v) is 15.8. The van der Waals surface area contributed by atoms with Crippen LogP contribution in [0.2, 0.25) is 10.0 Å². The highest BCUT2D eigenvalue weighted by atomic mass is 35.5. The lowest BCUT2D eigenvalue weighted by Crippen LogP contribution is -2.28. The molecule has 0 spiro atoms. The highest BCUT2D eigenvalue weighted by Gasteiger charge is 2.22. The Balaban J connectivity index is 1.44. The number of para-hydroxylation sites is 1. The summed E-state index contributed by atoms with van der Waals surface area (Å²) in [5.41, 5.74) is 3.25. The van der Waals surface area contributed by atoms with Crippen molar-refractivity contribution in [1.82, 2.24) is 10.3 Å². The van der Waals surface area contributed by atoms with Crippen molar-refractivity contribution in [2.24, 2.45) is 0 Å². The third-order valence-electron chi connectivity index (χ3n) is 7.85. The maximum Gasteiger partial charge on any atom is 0.252 e. The van der Waals surface area contributed by atoms with Crippen molar-refractivity contribution >= 4 is 40.0 Å². The summed E-state index contributed by atoms with van der Waals surface area (Å²) < 4.78 is 12.7. The second-order valence-electron chi connectivity index (χ2n) is 12.1. The molecule has 0 aliphatic rings. The zero-order valence-electron chi connectivity index (χ0n) is 26.0. The Morgan fingerprint density at radius 1 is 0.860 bits per heavy atom. The van der Waals surface area contributed by atoms with Gasteiger partial charge in [-0.1, -0.05) is 61.3 Å². The molecule has 3 aromatic carbocycles. The summed E-state index contributed by atoms with van der Waals surface area (Å²) in [4.78, 5) is 18.2. The van der Waals surface area contributed by atoms with E-state index in [9.17, 15) is 4.79 Å². The van der Waals surface area contributed by atoms with Gasteiger partial charge in [-0.15, -0.1) is 0 Å². The van der Waals surface area contributed by atoms with E-state index in [0.29, 0.717) is 27.8 Å². The number of rotatable bonds is 13. The molecule has 0 saturated heterocycles. The average molecular weight is 622 g/mol. The molecule has 7 heteroatoms. The summed E-state index contributed by atoms with van der Waals surface area (Å²) in [5, 5.41) is 4.94. The number of fused-ring (bicyclic) bond motifs is 1. The van der Waals surface area contributed by atoms with Crippen LogP contribution in [0.1, 0.15) is 83.1 Å². The molecule has 0 atom stereocenters. The van der Waals surface area contributed by atoms with Gasteiger partial charge in [-0.25, -0.2) is 4.98 Å². The Kier molecular flexibility index (Phi) is 10.6. The van der Waals surface area contributed by atoms with Gasteiger partial charge in [0.1, 0.15) is 22.7 Å². The van der Waals surface area contributed by atoms with E-state index in [1.54, 1.807) is 18.2 Å². The summed E-state index contributed by atoms with van der Waals surface area (Å²) in [6.45, 7) is 13.2. The number of hydrogen-bond donors (Lipinski definition) is 1. The largest absolute Gasteiger partial charge is 0.488 e. The minimum Gasteiger partial charge on any atom is -0.488 e. The first-order chi connectivity index (χ1) is 20.4. The second kappa shape index (κ2) is 14.0. The van der Waals surface area contributed by atoms with Gasteiger partial charge in [0.05, 0.1) is 21.8 Å². The Hall–Kier alpha value is -3.28. The van der Waals surface area contributed by atoms with Crippen molar-refractivity contribution in [3.8, 4) is 22.8 Å². The van der Waals surface area contributed by atoms with E-state index < -0.39 is 0 Å². The number of carbonyl (C=O) groups is 1. The number of aromatic nitrogens is 1. The average Bonchev–Trinajstić information content (AvgIpc) is 2.97. The lowest BCUT2D eigenvalue weighted by atomic mass is 10.0. The fraction of sp³-hybridized carbons (Fsp3) is 0.389. The van der Waals surface area contributed by atoms with E-state index in [-0.39, 0.29) is 17.1 Å². The van der Waals surface area contributed by atoms with Crippen LogP contribution in [0.3, 0.4) is 0 Å². The molecule has 0 radical (unpaired) electrons. The molecule has 5 nitrogen and oxygen atoms in total. The summed E-state index contributed by atoms with van der Waals surface area (Å²) in [6.07, 6.45) is 4.34. The minimum atomic E-state index is -0.288. The SMILES string of the molecule is CCC(C)(C)Oc1ccc(CCCCNC(=O)c2cc(-c3ccc(Cl)cc3Cl)nc3ccccc23)c(OC(C)(C)CC)c1. The first kappa shape index (κ1) is 32.6. The maximum absolute atomic E-state index is 13.4. The summed E-state index contributed by atoms with van der Waals surface area (Å²) in [6, 6.07) is 20.9. The van der Waals surface area contributed by atoms with E-state index in [1.807, 2.05) is 42.5 Å². The molecule has 1 amide bonds. The monoisotopic (exact) mass is 620 g/mol. The molecule has 228 valence electrons. The zero-order chi connectivity index (χ0) is 31.2. The Labute approximate surface area is 265 Å². The molecule has 4 aromatic rings. The lowest BCUT2D eigenvalue weighted by molar-refractivity contribution is 0.0942. The summed E-state index contributed by atoms with van der Waals surface area (Å²) in [7, 11) is 0. The molecule has 0 aliphatic carbocycles. The number of aryl methyl sites for hydroxylation is 1. The molecule has 1 N–H and O–H groups in total. The van der Waals surface area contributed by atoms with Gasteiger partial charge < -0.3 is 14.8 Å². The highest BCUT2D eigenvalue weighted by molar-refractivity contribution is 6.36. The van der Waals surface area contributed by atoms with Gasteiger partial charge in [0.15, 0.2) is 0 Å². The second-order valence-corrected chi connectivity index (χ2v) is 13.0. The van der Waals surface area contributed by atoms with Crippen LogP contribution in [0.5, 0.6) is 11.5 Å². The molecule has 0 fully saturated rings. The minimum absolute atomic E-state index is 0.140. The van der Waals surface area contributed by atoms with E-state index in [4.69, 9.17) is 37.7 Å². The van der Waals surface area contributed by atoms with Crippen LogP contribution in [-0.4, -0.2) is 28.6 Å². The highest BCUT2D eigenvalue weighted by Crippen LogP contribution is 2.33. The number of ether oxygens (including phenoxy) is 2. The molecule has 0 unspecified atom stereocenters. The first-order valence-electron chi connectivity index (χ1n) is 15.1. The van der Waals surface area contributed by atoms with E-state index in [0.717, 1.165) is 65.6 Å². The van der Waals surface area contributed by atoms with Crippen molar-refractivity contribution in [3.63, 3.8) is 0 Å². The van der Waals surface area contributed by atoms with Crippen LogP contribution < -0.4 is 14.8 Å². The molecule has 0 bridgehead atoms. The Morgan fingerprint density at radius 2 is 1.58 bits per heavy atom. The molecule has 1 aromatic heterocycles. The van der Waals surface area contributed by atoms with Crippen LogP contribution in [-0.2, 0) is 6.42 Å². The van der Waals surface area contributed by atoms with Crippen LogP contribution in [0, 0.1) is 0 Å². The number of nitrogens with zero attached hydrogens (tertiary/aromatic N) is 1. The van der Waals surface area contributed by atoms with Gasteiger partial charge >= 0.3 is 0 Å². The topological polar surface area (TPSA) is 60.5 Å². The third kappa shape index (κ3) is 8.64. The molecule has 1 heterocycles. The molecule has 0 aliphatic heterocycles. The summed E-state index contributed by atoms with van der Waals surface area (Å²) >= 11 is 12.6. The fourth-order valence-corrected chi connectivity index (χ4v) is 5.10. The van der Waals surface area contributed by atoms with Gasteiger partial charge in [-0.05, 0) is 102 Å². The molecule has 0 saturated carbocycles. The predicted octanol–water partition coefficient (Wildman–Crippen LogP) is 10.1. The maximum atomic E-state index is 13.4. The number of halogens is 2. The van der Waals surface area contributed by atoms with Gasteiger partial charge in [0.25, 0.3) is 5.91 Å². The number of pyridine rings is 1. The molecule has 4 rings (SSSR count). The smallest absolute Gasteiger partial charge is 0.252 e. The summed E-state index contributed by atoms with van der Waals surface area (Å²) in [5.74, 6) is 1.53. The fourth-order valence-electron chi connectivity index (χ4n) is 4.60. The molecular formula is C36H42Cl2N2O3. The standard InChI is InChI=1S/C36H42Cl2N2O3/c1-7-35(3,4)42-26-18-16-24(33(22-26)43-36(5,6)8-2)13-11-12-20-39-34(41)29-23-32(28-19-17-25(37)21-30(28)38)40-31-15-10-9-14-27(29)31/h9-10,14-19,21-23H,7-8,11-13,20H2,1-6H3,(H,39,41). The lowest BCUT2D eigenvalue weighted by Gasteiger charge is -2.29. The zero-order valence-corrected chi connectivity index (χ0v) is 27.5. The van der Waals surface area contributed by atoms with Crippen molar-refractivity contribution in [1.29, 1.82) is 0 Å². The predicted molar refractivity (Wildman–Crippen MR) is 179 cm³/mol. The van der Waals surface area contributed by atoms with Gasteiger partial charge in [0.2, 0.25) is 0 Å². The molecular weight excluding hydrogens is 579 g/mol. The van der Waals surface area contributed by atoms with E-state index >= 15 is 0 Å². The van der Waals surface area contributed by atoms with Crippen molar-refractivity contribution in [2.75, 3.05) is 6.54 Å². The van der Waals surface area contributed by atoms with Crippen molar-refractivity contribution < 1.29 is 14.3 Å². The van der Waals surface area contributed by atoms with Gasteiger partial charge in [-0.2, -0.15) is 0 Å². The van der Waals surface area contributed by atoms with Crippen molar-refractivity contribution in [2.45, 2.75) is 84.8 Å². The number of hydrogen-bond acceptors (Lipinski definition) is 4.